The molecule has 0 aliphatic carbocycles. The first-order valence-corrected chi connectivity index (χ1v) is 6.46. The van der Waals surface area contributed by atoms with Crippen LogP contribution in [0.25, 0.3) is 0 Å². The van der Waals surface area contributed by atoms with Crippen molar-refractivity contribution in [1.29, 1.82) is 0 Å². The highest BCUT2D eigenvalue weighted by Crippen LogP contribution is 2.21. The fourth-order valence-electron chi connectivity index (χ4n) is 1.69. The van der Waals surface area contributed by atoms with E-state index in [1.165, 1.54) is 14.0 Å². The fourth-order valence-corrected chi connectivity index (χ4v) is 1.69. The third-order valence-electron chi connectivity index (χ3n) is 2.74. The van der Waals surface area contributed by atoms with E-state index in [1.807, 2.05) is 0 Å². The van der Waals surface area contributed by atoms with Crippen molar-refractivity contribution in [3.63, 3.8) is 0 Å². The second kappa shape index (κ2) is 8.16. The maximum Gasteiger partial charge on any atom is 0.216 e. The number of ether oxygens (including phenoxy) is 1. The van der Waals surface area contributed by atoms with Crippen molar-refractivity contribution in [2.45, 2.75) is 13.3 Å². The van der Waals surface area contributed by atoms with Crippen molar-refractivity contribution in [3.05, 3.63) is 23.8 Å². The highest BCUT2D eigenvalue weighted by atomic mass is 16.5. The molecule has 0 unspecified atom stereocenters. The summed E-state index contributed by atoms with van der Waals surface area (Å²) in [5.74, 6) is 0.485. The number of nitrogen functional groups attached to an aromatic ring is 1. The molecular formula is C14H21N3O3. The molecule has 0 atom stereocenters. The largest absolute Gasteiger partial charge is 0.495 e. The van der Waals surface area contributed by atoms with Crippen LogP contribution in [0.3, 0.4) is 0 Å². The smallest absolute Gasteiger partial charge is 0.216 e. The summed E-state index contributed by atoms with van der Waals surface area (Å²) in [5.41, 5.74) is 6.76. The van der Waals surface area contributed by atoms with Crippen molar-refractivity contribution in [3.8, 4) is 5.75 Å². The van der Waals surface area contributed by atoms with Gasteiger partial charge in [0.15, 0.2) is 5.78 Å². The molecule has 0 bridgehead atoms. The number of rotatable bonds is 8. The molecule has 4 N–H and O–H groups in total. The number of carbonyl (C=O) groups is 2. The zero-order valence-electron chi connectivity index (χ0n) is 11.9. The van der Waals surface area contributed by atoms with Crippen LogP contribution in [0.5, 0.6) is 5.75 Å². The van der Waals surface area contributed by atoms with Gasteiger partial charge < -0.3 is 21.1 Å². The van der Waals surface area contributed by atoms with Gasteiger partial charge >= 0.3 is 0 Å². The Morgan fingerprint density at radius 1 is 1.30 bits per heavy atom. The Kier molecular flexibility index (Phi) is 6.52. The summed E-state index contributed by atoms with van der Waals surface area (Å²) in [6.07, 6.45) is 0.775. The van der Waals surface area contributed by atoms with Gasteiger partial charge in [-0.3, -0.25) is 9.59 Å². The van der Waals surface area contributed by atoms with E-state index < -0.39 is 0 Å². The Hall–Kier alpha value is -2.08. The van der Waals surface area contributed by atoms with Gasteiger partial charge in [0.25, 0.3) is 0 Å². The number of amides is 1. The number of carbonyl (C=O) groups excluding carboxylic acids is 2. The molecule has 1 aromatic rings. The Balaban J connectivity index is 2.32. The normalized spacial score (nSPS) is 10.1. The maximum absolute atomic E-state index is 11.9. The van der Waals surface area contributed by atoms with Crippen molar-refractivity contribution >= 4 is 17.4 Å². The molecule has 0 aromatic heterocycles. The second-order valence-electron chi connectivity index (χ2n) is 4.39. The van der Waals surface area contributed by atoms with Gasteiger partial charge in [0.05, 0.1) is 19.3 Å². The molecule has 6 nitrogen and oxygen atoms in total. The number of hydrogen-bond acceptors (Lipinski definition) is 5. The predicted molar refractivity (Wildman–Crippen MR) is 77.9 cm³/mol. The van der Waals surface area contributed by atoms with E-state index in [0.717, 1.165) is 6.42 Å². The van der Waals surface area contributed by atoms with E-state index in [4.69, 9.17) is 10.5 Å². The van der Waals surface area contributed by atoms with E-state index in [2.05, 4.69) is 10.6 Å². The molecule has 0 aliphatic heterocycles. The number of ketones is 1. The van der Waals surface area contributed by atoms with Crippen LogP contribution in [0.15, 0.2) is 18.2 Å². The van der Waals surface area contributed by atoms with Crippen LogP contribution in [-0.4, -0.2) is 38.4 Å². The van der Waals surface area contributed by atoms with E-state index in [9.17, 15) is 9.59 Å². The summed E-state index contributed by atoms with van der Waals surface area (Å²) in [6, 6.07) is 4.98. The molecule has 1 aromatic carbocycles. The number of benzene rings is 1. The topological polar surface area (TPSA) is 93.5 Å². The molecule has 0 fully saturated rings. The molecule has 1 amide bonds. The third kappa shape index (κ3) is 5.27. The summed E-state index contributed by atoms with van der Waals surface area (Å²) >= 11 is 0. The fraction of sp³-hybridized carbons (Fsp3) is 0.429. The summed E-state index contributed by atoms with van der Waals surface area (Å²) in [5, 5.41) is 5.72. The Labute approximate surface area is 118 Å². The van der Waals surface area contributed by atoms with Gasteiger partial charge in [0.1, 0.15) is 5.75 Å². The molecule has 20 heavy (non-hydrogen) atoms. The number of nitrogens with two attached hydrogens (primary N) is 1. The molecule has 0 saturated carbocycles. The van der Waals surface area contributed by atoms with Crippen molar-refractivity contribution in [2.75, 3.05) is 32.5 Å². The highest BCUT2D eigenvalue weighted by Gasteiger charge is 2.08. The van der Waals surface area contributed by atoms with Gasteiger partial charge in [-0.2, -0.15) is 0 Å². The summed E-state index contributed by atoms with van der Waals surface area (Å²) in [4.78, 5) is 22.6. The van der Waals surface area contributed by atoms with Gasteiger partial charge in [-0.05, 0) is 31.2 Å². The first-order chi connectivity index (χ1) is 9.54. The van der Waals surface area contributed by atoms with Crippen molar-refractivity contribution in [1.82, 2.24) is 10.6 Å². The zero-order chi connectivity index (χ0) is 15.0. The minimum Gasteiger partial charge on any atom is -0.495 e. The molecule has 0 radical (unpaired) electrons. The molecule has 0 saturated heterocycles. The van der Waals surface area contributed by atoms with Crippen LogP contribution < -0.4 is 21.1 Å². The lowest BCUT2D eigenvalue weighted by molar-refractivity contribution is -0.118. The first-order valence-electron chi connectivity index (χ1n) is 6.46. The Morgan fingerprint density at radius 3 is 2.65 bits per heavy atom. The van der Waals surface area contributed by atoms with Crippen LogP contribution in [0, 0.1) is 0 Å². The Bertz CT molecular complexity index is 475. The monoisotopic (exact) mass is 279 g/mol. The predicted octanol–water partition coefficient (Wildman–Crippen LogP) is 0.576. The molecule has 0 heterocycles. The number of hydrogen-bond donors (Lipinski definition) is 3. The minimum atomic E-state index is -0.0465. The van der Waals surface area contributed by atoms with E-state index in [0.29, 0.717) is 30.1 Å². The summed E-state index contributed by atoms with van der Waals surface area (Å²) in [7, 11) is 1.53. The second-order valence-corrected chi connectivity index (χ2v) is 4.39. The molecule has 0 spiro atoms. The first kappa shape index (κ1) is 16.0. The van der Waals surface area contributed by atoms with Gasteiger partial charge in [0.2, 0.25) is 5.91 Å². The Morgan fingerprint density at radius 2 is 2.05 bits per heavy atom. The summed E-state index contributed by atoms with van der Waals surface area (Å²) in [6.45, 7) is 2.99. The zero-order valence-corrected chi connectivity index (χ0v) is 11.9. The molecule has 110 valence electrons. The lowest BCUT2D eigenvalue weighted by atomic mass is 10.1. The molecule has 1 rings (SSSR count). The maximum atomic E-state index is 11.9. The quantitative estimate of drug-likeness (QED) is 0.367. The van der Waals surface area contributed by atoms with Crippen LogP contribution in [0.4, 0.5) is 5.69 Å². The van der Waals surface area contributed by atoms with E-state index in [1.54, 1.807) is 18.2 Å². The van der Waals surface area contributed by atoms with Crippen molar-refractivity contribution in [2.24, 2.45) is 0 Å². The SMILES string of the molecule is COc1ccc(C(=O)CNCCCNC(C)=O)cc1N. The number of anilines is 1. The minimum absolute atomic E-state index is 0.0288. The third-order valence-corrected chi connectivity index (χ3v) is 2.74. The average molecular weight is 279 g/mol. The number of methoxy groups -OCH3 is 1. The molecular weight excluding hydrogens is 258 g/mol. The highest BCUT2D eigenvalue weighted by molar-refractivity contribution is 5.98. The average Bonchev–Trinajstić information content (AvgIpc) is 2.42. The lowest BCUT2D eigenvalue weighted by Gasteiger charge is -2.07. The number of Topliss-reactive ketones (excluding diaryl/α,β-unsaturated/α-hetero) is 1. The van der Waals surface area contributed by atoms with Gasteiger partial charge in [-0.1, -0.05) is 0 Å². The van der Waals surface area contributed by atoms with E-state index >= 15 is 0 Å². The van der Waals surface area contributed by atoms with Gasteiger partial charge in [0, 0.05) is 19.0 Å². The van der Waals surface area contributed by atoms with Crippen LogP contribution in [0.1, 0.15) is 23.7 Å². The summed E-state index contributed by atoms with van der Waals surface area (Å²) < 4.78 is 5.04. The van der Waals surface area contributed by atoms with Gasteiger partial charge in [-0.15, -0.1) is 0 Å². The van der Waals surface area contributed by atoms with E-state index in [-0.39, 0.29) is 18.2 Å². The lowest BCUT2D eigenvalue weighted by Crippen LogP contribution is -2.28. The van der Waals surface area contributed by atoms with Crippen LogP contribution >= 0.6 is 0 Å². The van der Waals surface area contributed by atoms with Gasteiger partial charge in [-0.25, -0.2) is 0 Å². The molecule has 6 heteroatoms. The van der Waals surface area contributed by atoms with Crippen LogP contribution in [0.2, 0.25) is 0 Å². The number of nitrogens with one attached hydrogen (secondary N) is 2. The van der Waals surface area contributed by atoms with Crippen LogP contribution in [-0.2, 0) is 4.79 Å². The van der Waals surface area contributed by atoms with Crippen molar-refractivity contribution < 1.29 is 14.3 Å². The standard InChI is InChI=1S/C14H21N3O3/c1-10(18)17-7-3-6-16-9-13(19)11-4-5-14(20-2)12(15)8-11/h4-5,8,16H,3,6-7,9,15H2,1-2H3,(H,17,18). The molecule has 0 aliphatic rings.